The van der Waals surface area contributed by atoms with Crippen molar-refractivity contribution in [2.75, 3.05) is 43.6 Å². The molecule has 3 aromatic rings. The summed E-state index contributed by atoms with van der Waals surface area (Å²) in [5.41, 5.74) is 1.81. The molecule has 0 saturated carbocycles. The Hall–Kier alpha value is -4.44. The summed E-state index contributed by atoms with van der Waals surface area (Å²) in [6.07, 6.45) is 2.75. The molecule has 1 aromatic heterocycles. The summed E-state index contributed by atoms with van der Waals surface area (Å²) in [4.78, 5) is 37.6. The number of para-hydroxylation sites is 1. The minimum atomic E-state index is -0.511. The van der Waals surface area contributed by atoms with Crippen LogP contribution in [0.2, 0.25) is 0 Å². The number of carbonyl (C=O) groups excluding carboxylic acids is 2. The number of hydrogen-bond donors (Lipinski definition) is 1. The summed E-state index contributed by atoms with van der Waals surface area (Å²) in [5, 5.41) is 14.1. The number of nitrogens with one attached hydrogen (secondary N) is 1. The first-order chi connectivity index (χ1) is 17.0. The Bertz CT molecular complexity index is 1280. The van der Waals surface area contributed by atoms with E-state index < -0.39 is 16.8 Å². The number of anilines is 2. The lowest BCUT2D eigenvalue weighted by atomic mass is 10.1. The van der Waals surface area contributed by atoms with E-state index in [2.05, 4.69) is 10.2 Å². The number of nitro groups is 1. The zero-order chi connectivity index (χ0) is 24.8. The van der Waals surface area contributed by atoms with E-state index in [4.69, 9.17) is 13.9 Å². The number of rotatable bonds is 7. The number of furan rings is 1. The monoisotopic (exact) mass is 477 g/mol. The number of methoxy groups -OCH3 is 1. The van der Waals surface area contributed by atoms with Gasteiger partial charge in [-0.3, -0.25) is 14.9 Å². The maximum Gasteiger partial charge on any atom is 0.337 e. The third-order valence-corrected chi connectivity index (χ3v) is 5.42. The standard InChI is InChI=1S/C25H23N3O7/c1-33-25(30)17-6-9-22(27-12-14-34-15-13-27)20(16-17)26-24(29)11-8-18-7-10-23(35-18)19-4-2-3-5-21(19)28(31)32/h2-11,16H,12-15H2,1H3,(H,26,29)/b11-8+. The third kappa shape index (κ3) is 5.56. The second-order valence-corrected chi connectivity index (χ2v) is 7.62. The highest BCUT2D eigenvalue weighted by Crippen LogP contribution is 2.31. The Labute approximate surface area is 200 Å². The van der Waals surface area contributed by atoms with E-state index in [1.807, 2.05) is 0 Å². The predicted molar refractivity (Wildman–Crippen MR) is 129 cm³/mol. The van der Waals surface area contributed by atoms with Crippen LogP contribution in [0.3, 0.4) is 0 Å². The molecular formula is C25H23N3O7. The molecule has 4 rings (SSSR count). The van der Waals surface area contributed by atoms with Gasteiger partial charge in [0.25, 0.3) is 5.69 Å². The fourth-order valence-corrected chi connectivity index (χ4v) is 3.72. The van der Waals surface area contributed by atoms with Gasteiger partial charge < -0.3 is 24.1 Å². The van der Waals surface area contributed by atoms with E-state index in [-0.39, 0.29) is 5.69 Å². The summed E-state index contributed by atoms with van der Waals surface area (Å²) < 4.78 is 15.9. The molecular weight excluding hydrogens is 454 g/mol. The fourth-order valence-electron chi connectivity index (χ4n) is 3.72. The molecule has 2 heterocycles. The quantitative estimate of drug-likeness (QED) is 0.233. The first kappa shape index (κ1) is 23.7. The van der Waals surface area contributed by atoms with E-state index in [9.17, 15) is 19.7 Å². The van der Waals surface area contributed by atoms with Crippen LogP contribution < -0.4 is 10.2 Å². The van der Waals surface area contributed by atoms with Crippen molar-refractivity contribution < 1.29 is 28.4 Å². The average Bonchev–Trinajstić information content (AvgIpc) is 3.36. The van der Waals surface area contributed by atoms with Crippen molar-refractivity contribution in [3.63, 3.8) is 0 Å². The van der Waals surface area contributed by atoms with Gasteiger partial charge in [-0.15, -0.1) is 0 Å². The van der Waals surface area contributed by atoms with Crippen LogP contribution in [0.5, 0.6) is 0 Å². The number of ether oxygens (including phenoxy) is 2. The van der Waals surface area contributed by atoms with Gasteiger partial charge in [0.1, 0.15) is 11.5 Å². The number of amides is 1. The molecule has 0 unspecified atom stereocenters. The van der Waals surface area contributed by atoms with Crippen molar-refractivity contribution in [2.45, 2.75) is 0 Å². The highest BCUT2D eigenvalue weighted by molar-refractivity contribution is 6.05. The van der Waals surface area contributed by atoms with Crippen LogP contribution in [0, 0.1) is 10.1 Å². The Morgan fingerprint density at radius 1 is 1.11 bits per heavy atom. The first-order valence-electron chi connectivity index (χ1n) is 10.8. The van der Waals surface area contributed by atoms with Gasteiger partial charge in [0.15, 0.2) is 0 Å². The van der Waals surface area contributed by atoms with Gasteiger partial charge >= 0.3 is 5.97 Å². The molecule has 10 heteroatoms. The molecule has 0 aliphatic carbocycles. The van der Waals surface area contributed by atoms with Crippen molar-refractivity contribution in [2.24, 2.45) is 0 Å². The van der Waals surface area contributed by atoms with E-state index in [0.29, 0.717) is 54.6 Å². The summed E-state index contributed by atoms with van der Waals surface area (Å²) >= 11 is 0. The minimum Gasteiger partial charge on any atom is -0.465 e. The van der Waals surface area contributed by atoms with Gasteiger partial charge in [-0.2, -0.15) is 0 Å². The first-order valence-corrected chi connectivity index (χ1v) is 10.8. The van der Waals surface area contributed by atoms with E-state index >= 15 is 0 Å². The highest BCUT2D eigenvalue weighted by Gasteiger charge is 2.19. The van der Waals surface area contributed by atoms with Gasteiger partial charge in [-0.05, 0) is 42.5 Å². The molecule has 0 radical (unpaired) electrons. The van der Waals surface area contributed by atoms with E-state index in [1.54, 1.807) is 48.5 Å². The largest absolute Gasteiger partial charge is 0.465 e. The molecule has 1 N–H and O–H groups in total. The summed E-state index contributed by atoms with van der Waals surface area (Å²) in [6, 6.07) is 14.5. The molecule has 10 nitrogen and oxygen atoms in total. The molecule has 180 valence electrons. The van der Waals surface area contributed by atoms with Crippen molar-refractivity contribution in [3.8, 4) is 11.3 Å². The van der Waals surface area contributed by atoms with Gasteiger partial charge in [-0.25, -0.2) is 4.79 Å². The van der Waals surface area contributed by atoms with Gasteiger partial charge in [-0.1, -0.05) is 12.1 Å². The number of esters is 1. The van der Waals surface area contributed by atoms with Crippen LogP contribution in [0.4, 0.5) is 17.1 Å². The number of benzene rings is 2. The lowest BCUT2D eigenvalue weighted by Gasteiger charge is -2.30. The van der Waals surface area contributed by atoms with E-state index in [0.717, 1.165) is 5.69 Å². The minimum absolute atomic E-state index is 0.0729. The fraction of sp³-hybridized carbons (Fsp3) is 0.200. The van der Waals surface area contributed by atoms with E-state index in [1.165, 1.54) is 25.3 Å². The van der Waals surface area contributed by atoms with Gasteiger partial charge in [0, 0.05) is 25.2 Å². The van der Waals surface area contributed by atoms with Gasteiger partial charge in [0.05, 0.1) is 47.7 Å². The molecule has 2 aromatic carbocycles. The Balaban J connectivity index is 1.53. The average molecular weight is 477 g/mol. The maximum atomic E-state index is 12.7. The number of hydrogen-bond acceptors (Lipinski definition) is 8. The van der Waals surface area contributed by atoms with Crippen molar-refractivity contribution in [3.05, 3.63) is 82.1 Å². The molecule has 1 amide bonds. The van der Waals surface area contributed by atoms with Crippen LogP contribution >= 0.6 is 0 Å². The normalized spacial score (nSPS) is 13.6. The molecule has 1 aliphatic rings. The van der Waals surface area contributed by atoms with Crippen LogP contribution in [0.25, 0.3) is 17.4 Å². The Morgan fingerprint density at radius 3 is 2.63 bits per heavy atom. The number of nitrogens with zero attached hydrogens (tertiary/aromatic N) is 2. The van der Waals surface area contributed by atoms with Crippen LogP contribution in [-0.2, 0) is 14.3 Å². The zero-order valence-electron chi connectivity index (χ0n) is 18.9. The highest BCUT2D eigenvalue weighted by atomic mass is 16.6. The van der Waals surface area contributed by atoms with Crippen molar-refractivity contribution in [1.82, 2.24) is 0 Å². The van der Waals surface area contributed by atoms with Crippen molar-refractivity contribution in [1.29, 1.82) is 0 Å². The van der Waals surface area contributed by atoms with Crippen LogP contribution in [0.15, 0.2) is 65.1 Å². The number of carbonyl (C=O) groups is 2. The SMILES string of the molecule is COC(=O)c1ccc(N2CCOCC2)c(NC(=O)/C=C/c2ccc(-c3ccccc3[N+](=O)[O-])o2)c1. The molecule has 1 aliphatic heterocycles. The Morgan fingerprint density at radius 2 is 1.89 bits per heavy atom. The lowest BCUT2D eigenvalue weighted by Crippen LogP contribution is -2.36. The smallest absolute Gasteiger partial charge is 0.337 e. The zero-order valence-corrected chi connectivity index (χ0v) is 18.9. The molecule has 0 atom stereocenters. The second-order valence-electron chi connectivity index (χ2n) is 7.62. The molecule has 0 spiro atoms. The Kier molecular flexibility index (Phi) is 7.22. The number of morpholine rings is 1. The third-order valence-electron chi connectivity index (χ3n) is 5.42. The predicted octanol–water partition coefficient (Wildman–Crippen LogP) is 4.13. The number of nitro benzene ring substituents is 1. The topological polar surface area (TPSA) is 124 Å². The summed E-state index contributed by atoms with van der Waals surface area (Å²) in [6.45, 7) is 2.42. The van der Waals surface area contributed by atoms with Gasteiger partial charge in [0.2, 0.25) is 5.91 Å². The molecule has 1 saturated heterocycles. The maximum absolute atomic E-state index is 12.7. The second kappa shape index (κ2) is 10.7. The van der Waals surface area contributed by atoms with Crippen LogP contribution in [0.1, 0.15) is 16.1 Å². The molecule has 35 heavy (non-hydrogen) atoms. The molecule has 0 bridgehead atoms. The molecule has 1 fully saturated rings. The summed E-state index contributed by atoms with van der Waals surface area (Å²) in [5.74, 6) is -0.282. The lowest BCUT2D eigenvalue weighted by molar-refractivity contribution is -0.384. The summed E-state index contributed by atoms with van der Waals surface area (Å²) in [7, 11) is 1.29. The van der Waals surface area contributed by atoms with Crippen LogP contribution in [-0.4, -0.2) is 50.2 Å². The van der Waals surface area contributed by atoms with Crippen molar-refractivity contribution >= 4 is 35.0 Å².